The molecule has 3 rings (SSSR count). The minimum atomic E-state index is -0.536. The normalized spacial score (nSPS) is 22.7. The number of unbranched alkanes of at least 4 members (excludes halogenated alkanes) is 1. The SMILES string of the molecule is O=C(/C=C/c1ccc(Cl)c(F)c1)N1CCC(=O)N(CCCCN2CCC[C@@H](O)[C@H]2CO)CC1. The molecule has 33 heavy (non-hydrogen) atoms. The first-order valence-corrected chi connectivity index (χ1v) is 12.0. The maximum atomic E-state index is 13.6. The number of halogens is 2. The van der Waals surface area contributed by atoms with Gasteiger partial charge in [-0.05, 0) is 62.5 Å². The van der Waals surface area contributed by atoms with Crippen molar-refractivity contribution in [2.75, 3.05) is 45.9 Å². The maximum absolute atomic E-state index is 13.6. The summed E-state index contributed by atoms with van der Waals surface area (Å²) in [5.74, 6) is -0.708. The number of piperidine rings is 1. The Morgan fingerprint density at radius 1 is 1.18 bits per heavy atom. The number of aliphatic hydroxyl groups excluding tert-OH is 2. The number of aliphatic hydroxyl groups is 2. The van der Waals surface area contributed by atoms with Gasteiger partial charge in [0.1, 0.15) is 5.82 Å². The van der Waals surface area contributed by atoms with E-state index in [-0.39, 0.29) is 35.9 Å². The number of rotatable bonds is 8. The van der Waals surface area contributed by atoms with Crippen LogP contribution in [-0.4, -0.2) is 94.7 Å². The third-order valence-electron chi connectivity index (χ3n) is 6.43. The quantitative estimate of drug-likeness (QED) is 0.439. The van der Waals surface area contributed by atoms with Crippen molar-refractivity contribution in [2.45, 2.75) is 44.2 Å². The van der Waals surface area contributed by atoms with Crippen LogP contribution >= 0.6 is 11.6 Å². The van der Waals surface area contributed by atoms with Crippen LogP contribution in [0.2, 0.25) is 5.02 Å². The molecule has 2 aliphatic rings. The van der Waals surface area contributed by atoms with Crippen LogP contribution in [0, 0.1) is 5.82 Å². The predicted octanol–water partition coefficient (Wildman–Crippen LogP) is 2.15. The van der Waals surface area contributed by atoms with Gasteiger partial charge in [-0.25, -0.2) is 4.39 Å². The highest BCUT2D eigenvalue weighted by Gasteiger charge is 2.29. The van der Waals surface area contributed by atoms with E-state index in [2.05, 4.69) is 4.90 Å². The maximum Gasteiger partial charge on any atom is 0.246 e. The summed E-state index contributed by atoms with van der Waals surface area (Å²) in [5.41, 5.74) is 0.544. The lowest BCUT2D eigenvalue weighted by atomic mass is 9.99. The summed E-state index contributed by atoms with van der Waals surface area (Å²) in [7, 11) is 0. The van der Waals surface area contributed by atoms with Gasteiger partial charge in [0.05, 0.1) is 23.8 Å². The van der Waals surface area contributed by atoms with Crippen LogP contribution in [0.15, 0.2) is 24.3 Å². The Balaban J connectivity index is 1.43. The molecule has 2 saturated heterocycles. The van der Waals surface area contributed by atoms with Crippen molar-refractivity contribution in [1.82, 2.24) is 14.7 Å². The first-order chi connectivity index (χ1) is 15.9. The summed E-state index contributed by atoms with van der Waals surface area (Å²) in [6, 6.07) is 4.15. The number of carbonyl (C=O) groups excluding carboxylic acids is 2. The summed E-state index contributed by atoms with van der Waals surface area (Å²) in [5, 5.41) is 19.6. The number of carbonyl (C=O) groups is 2. The van der Waals surface area contributed by atoms with Crippen molar-refractivity contribution in [2.24, 2.45) is 0 Å². The fourth-order valence-corrected chi connectivity index (χ4v) is 4.57. The molecule has 9 heteroatoms. The lowest BCUT2D eigenvalue weighted by Crippen LogP contribution is -2.50. The first kappa shape index (κ1) is 25.6. The highest BCUT2D eigenvalue weighted by atomic mass is 35.5. The summed E-state index contributed by atoms with van der Waals surface area (Å²) in [6.07, 6.45) is 6.09. The third-order valence-corrected chi connectivity index (χ3v) is 6.74. The van der Waals surface area contributed by atoms with E-state index in [1.807, 2.05) is 0 Å². The number of amides is 2. The summed E-state index contributed by atoms with van der Waals surface area (Å²) in [6.45, 7) is 3.53. The fraction of sp³-hybridized carbons (Fsp3) is 0.583. The van der Waals surface area contributed by atoms with E-state index in [1.165, 1.54) is 18.2 Å². The molecular weight excluding hydrogens is 449 g/mol. The van der Waals surface area contributed by atoms with Gasteiger partial charge >= 0.3 is 0 Å². The Labute approximate surface area is 199 Å². The molecule has 2 heterocycles. The van der Waals surface area contributed by atoms with E-state index in [0.29, 0.717) is 31.7 Å². The first-order valence-electron chi connectivity index (χ1n) is 11.6. The Morgan fingerprint density at radius 3 is 2.73 bits per heavy atom. The zero-order valence-electron chi connectivity index (χ0n) is 18.8. The topological polar surface area (TPSA) is 84.3 Å². The lowest BCUT2D eigenvalue weighted by Gasteiger charge is -2.38. The molecule has 0 aromatic heterocycles. The zero-order chi connectivity index (χ0) is 23.8. The summed E-state index contributed by atoms with van der Waals surface area (Å²) in [4.78, 5) is 30.6. The molecule has 0 radical (unpaired) electrons. The van der Waals surface area contributed by atoms with Crippen molar-refractivity contribution in [3.8, 4) is 0 Å². The Morgan fingerprint density at radius 2 is 1.97 bits per heavy atom. The molecule has 2 N–H and O–H groups in total. The van der Waals surface area contributed by atoms with Crippen molar-refractivity contribution in [3.63, 3.8) is 0 Å². The van der Waals surface area contributed by atoms with Gasteiger partial charge in [-0.15, -0.1) is 0 Å². The van der Waals surface area contributed by atoms with Crippen LogP contribution in [0.3, 0.4) is 0 Å². The van der Waals surface area contributed by atoms with Crippen LogP contribution < -0.4 is 0 Å². The predicted molar refractivity (Wildman–Crippen MR) is 125 cm³/mol. The van der Waals surface area contributed by atoms with Gasteiger partial charge in [0.25, 0.3) is 0 Å². The molecule has 2 fully saturated rings. The molecule has 0 aliphatic carbocycles. The van der Waals surface area contributed by atoms with Gasteiger partial charge in [0.2, 0.25) is 11.8 Å². The van der Waals surface area contributed by atoms with Crippen molar-refractivity contribution >= 4 is 29.5 Å². The number of benzene rings is 1. The Bertz CT molecular complexity index is 853. The van der Waals surface area contributed by atoms with E-state index in [4.69, 9.17) is 11.6 Å². The number of likely N-dealkylation sites (tertiary alicyclic amines) is 1. The average Bonchev–Trinajstić information content (AvgIpc) is 2.99. The van der Waals surface area contributed by atoms with E-state index >= 15 is 0 Å². The minimum absolute atomic E-state index is 0.0336. The number of hydrogen-bond acceptors (Lipinski definition) is 5. The minimum Gasteiger partial charge on any atom is -0.395 e. The molecule has 1 aromatic rings. The van der Waals surface area contributed by atoms with Gasteiger partial charge in [0, 0.05) is 38.7 Å². The smallest absolute Gasteiger partial charge is 0.246 e. The van der Waals surface area contributed by atoms with Crippen molar-refractivity contribution < 1.29 is 24.2 Å². The molecule has 0 spiro atoms. The van der Waals surface area contributed by atoms with E-state index < -0.39 is 11.9 Å². The summed E-state index contributed by atoms with van der Waals surface area (Å²) < 4.78 is 13.6. The van der Waals surface area contributed by atoms with Gasteiger partial charge < -0.3 is 20.0 Å². The van der Waals surface area contributed by atoms with Crippen LogP contribution in [0.1, 0.15) is 37.7 Å². The second kappa shape index (κ2) is 12.5. The largest absolute Gasteiger partial charge is 0.395 e. The van der Waals surface area contributed by atoms with Crippen molar-refractivity contribution in [1.29, 1.82) is 0 Å². The molecule has 7 nitrogen and oxygen atoms in total. The molecule has 2 aliphatic heterocycles. The molecule has 0 unspecified atom stereocenters. The van der Waals surface area contributed by atoms with Crippen LogP contribution in [-0.2, 0) is 9.59 Å². The number of nitrogens with zero attached hydrogens (tertiary/aromatic N) is 3. The second-order valence-electron chi connectivity index (χ2n) is 8.67. The molecule has 2 amide bonds. The average molecular weight is 482 g/mol. The summed E-state index contributed by atoms with van der Waals surface area (Å²) >= 11 is 5.68. The second-order valence-corrected chi connectivity index (χ2v) is 9.07. The number of hydrogen-bond donors (Lipinski definition) is 2. The molecule has 1 aromatic carbocycles. The van der Waals surface area contributed by atoms with Crippen LogP contribution in [0.25, 0.3) is 6.08 Å². The molecule has 182 valence electrons. The van der Waals surface area contributed by atoms with E-state index in [9.17, 15) is 24.2 Å². The van der Waals surface area contributed by atoms with Crippen LogP contribution in [0.5, 0.6) is 0 Å². The van der Waals surface area contributed by atoms with E-state index in [0.717, 1.165) is 38.8 Å². The molecule has 2 atom stereocenters. The standard InChI is InChI=1S/C24H33ClFN3O4/c25-19-7-5-18(16-20(19)26)6-8-23(32)29-13-9-24(33)28(14-15-29)11-2-1-10-27-12-3-4-22(31)21(27)17-30/h5-8,16,21-22,30-31H,1-4,9-15,17H2/b8-6+/t21-,22-/m1/s1. The Kier molecular flexibility index (Phi) is 9.67. The lowest BCUT2D eigenvalue weighted by molar-refractivity contribution is -0.130. The highest BCUT2D eigenvalue weighted by Crippen LogP contribution is 2.19. The third kappa shape index (κ3) is 7.24. The molecule has 0 saturated carbocycles. The van der Waals surface area contributed by atoms with Crippen LogP contribution in [0.4, 0.5) is 4.39 Å². The van der Waals surface area contributed by atoms with Gasteiger partial charge in [-0.3, -0.25) is 14.5 Å². The van der Waals surface area contributed by atoms with Gasteiger partial charge in [-0.1, -0.05) is 17.7 Å². The fourth-order valence-electron chi connectivity index (χ4n) is 4.45. The van der Waals surface area contributed by atoms with Gasteiger partial charge in [-0.2, -0.15) is 0 Å². The zero-order valence-corrected chi connectivity index (χ0v) is 19.6. The van der Waals surface area contributed by atoms with Gasteiger partial charge in [0.15, 0.2) is 0 Å². The van der Waals surface area contributed by atoms with E-state index in [1.54, 1.807) is 21.9 Å². The monoisotopic (exact) mass is 481 g/mol. The highest BCUT2D eigenvalue weighted by molar-refractivity contribution is 6.30. The molecule has 0 bridgehead atoms. The van der Waals surface area contributed by atoms with Crippen molar-refractivity contribution in [3.05, 3.63) is 40.7 Å². The Hall–Kier alpha value is -2.00. The molecular formula is C24H33ClFN3O4.